The van der Waals surface area contributed by atoms with E-state index < -0.39 is 18.5 Å². The van der Waals surface area contributed by atoms with Crippen molar-refractivity contribution in [3.63, 3.8) is 0 Å². The lowest BCUT2D eigenvalue weighted by atomic mass is 10.1. The molecule has 0 spiro atoms. The van der Waals surface area contributed by atoms with Gasteiger partial charge in [-0.25, -0.2) is 0 Å². The summed E-state index contributed by atoms with van der Waals surface area (Å²) in [6.07, 6.45) is 0.649. The Bertz CT molecular complexity index is 785. The second-order valence-corrected chi connectivity index (χ2v) is 5.59. The normalized spacial score (nSPS) is 10.2. The number of nitrogens with zero attached hydrogens (tertiary/aromatic N) is 1. The summed E-state index contributed by atoms with van der Waals surface area (Å²) in [7, 11) is 0. The van der Waals surface area contributed by atoms with Gasteiger partial charge in [0.1, 0.15) is 5.76 Å². The third kappa shape index (κ3) is 6.04. The van der Waals surface area contributed by atoms with Crippen LogP contribution in [0.2, 0.25) is 0 Å². The Morgan fingerprint density at radius 3 is 2.58 bits per heavy atom. The topological polar surface area (TPSA) is 111 Å². The zero-order valence-corrected chi connectivity index (χ0v) is 14.7. The standard InChI is InChI=1S/C18H21N3O5/c1-3-13-6-4-5-7-14(13)19-16(22)8-9-18(24)25-11-17(23)20-15-10-12(2)26-21-15/h4-7,10H,3,8-9,11H2,1-2H3,(H,19,22)(H,20,21,23). The number of hydrogen-bond donors (Lipinski definition) is 2. The van der Waals surface area contributed by atoms with E-state index in [4.69, 9.17) is 9.26 Å². The number of benzene rings is 1. The molecular formula is C18H21N3O5. The van der Waals surface area contributed by atoms with Crippen LogP contribution < -0.4 is 10.6 Å². The first kappa shape index (κ1) is 19.2. The smallest absolute Gasteiger partial charge is 0.306 e. The molecule has 2 N–H and O–H groups in total. The summed E-state index contributed by atoms with van der Waals surface area (Å²) in [5.41, 5.74) is 1.75. The molecule has 0 radical (unpaired) electrons. The van der Waals surface area contributed by atoms with Crippen LogP contribution in [0.1, 0.15) is 31.1 Å². The van der Waals surface area contributed by atoms with Gasteiger partial charge in [0.05, 0.1) is 6.42 Å². The first-order valence-electron chi connectivity index (χ1n) is 8.24. The van der Waals surface area contributed by atoms with Gasteiger partial charge in [-0.05, 0) is 25.0 Å². The van der Waals surface area contributed by atoms with Crippen LogP contribution in [0.5, 0.6) is 0 Å². The van der Waals surface area contributed by atoms with Gasteiger partial charge < -0.3 is 19.9 Å². The maximum Gasteiger partial charge on any atom is 0.306 e. The lowest BCUT2D eigenvalue weighted by Crippen LogP contribution is -2.22. The van der Waals surface area contributed by atoms with Gasteiger partial charge >= 0.3 is 5.97 Å². The number of nitrogens with one attached hydrogen (secondary N) is 2. The van der Waals surface area contributed by atoms with Crippen LogP contribution in [-0.2, 0) is 25.5 Å². The minimum absolute atomic E-state index is 0.0268. The number of aromatic nitrogens is 1. The first-order chi connectivity index (χ1) is 12.5. The molecular weight excluding hydrogens is 338 g/mol. The summed E-state index contributed by atoms with van der Waals surface area (Å²) in [4.78, 5) is 35.2. The van der Waals surface area contributed by atoms with Gasteiger partial charge in [-0.3, -0.25) is 14.4 Å². The molecule has 138 valence electrons. The fourth-order valence-corrected chi connectivity index (χ4v) is 2.20. The Morgan fingerprint density at radius 1 is 1.12 bits per heavy atom. The molecule has 0 unspecified atom stereocenters. The minimum Gasteiger partial charge on any atom is -0.456 e. The molecule has 0 fully saturated rings. The van der Waals surface area contributed by atoms with Crippen molar-refractivity contribution in [1.29, 1.82) is 0 Å². The Kier molecular flexibility index (Phi) is 6.90. The predicted molar refractivity (Wildman–Crippen MR) is 94.5 cm³/mol. The van der Waals surface area contributed by atoms with Crippen LogP contribution in [0.3, 0.4) is 0 Å². The minimum atomic E-state index is -0.629. The number of carbonyl (C=O) groups excluding carboxylic acids is 3. The molecule has 26 heavy (non-hydrogen) atoms. The monoisotopic (exact) mass is 359 g/mol. The number of para-hydroxylation sites is 1. The number of esters is 1. The van der Waals surface area contributed by atoms with Crippen LogP contribution in [0.15, 0.2) is 34.9 Å². The van der Waals surface area contributed by atoms with Gasteiger partial charge in [0.15, 0.2) is 12.4 Å². The van der Waals surface area contributed by atoms with Gasteiger partial charge in [-0.2, -0.15) is 0 Å². The number of carbonyl (C=O) groups is 3. The third-order valence-corrected chi connectivity index (χ3v) is 3.49. The van der Waals surface area contributed by atoms with Crippen molar-refractivity contribution in [2.24, 2.45) is 0 Å². The first-order valence-corrected chi connectivity index (χ1v) is 8.24. The molecule has 0 aliphatic rings. The zero-order chi connectivity index (χ0) is 18.9. The largest absolute Gasteiger partial charge is 0.456 e. The van der Waals surface area contributed by atoms with Gasteiger partial charge in [0.25, 0.3) is 5.91 Å². The van der Waals surface area contributed by atoms with Crippen LogP contribution in [-0.4, -0.2) is 29.5 Å². The fraction of sp³-hybridized carbons (Fsp3) is 0.333. The van der Waals surface area contributed by atoms with Crippen molar-refractivity contribution < 1.29 is 23.6 Å². The van der Waals surface area contributed by atoms with Crippen LogP contribution in [0.25, 0.3) is 0 Å². The quantitative estimate of drug-likeness (QED) is 0.701. The van der Waals surface area contributed by atoms with E-state index in [-0.39, 0.29) is 24.6 Å². The van der Waals surface area contributed by atoms with Crippen molar-refractivity contribution in [1.82, 2.24) is 5.16 Å². The number of ether oxygens (including phenoxy) is 1. The second-order valence-electron chi connectivity index (χ2n) is 5.59. The van der Waals surface area contributed by atoms with E-state index in [0.29, 0.717) is 5.76 Å². The Morgan fingerprint density at radius 2 is 1.88 bits per heavy atom. The molecule has 0 atom stereocenters. The second kappa shape index (κ2) is 9.36. The summed E-state index contributed by atoms with van der Waals surface area (Å²) < 4.78 is 9.64. The number of rotatable bonds is 8. The van der Waals surface area contributed by atoms with Crippen molar-refractivity contribution in [2.75, 3.05) is 17.2 Å². The SMILES string of the molecule is CCc1ccccc1NC(=O)CCC(=O)OCC(=O)Nc1cc(C)on1. The maximum atomic E-state index is 11.9. The van der Waals surface area contributed by atoms with Crippen molar-refractivity contribution >= 4 is 29.3 Å². The van der Waals surface area contributed by atoms with Crippen LogP contribution in [0.4, 0.5) is 11.5 Å². The van der Waals surface area contributed by atoms with Gasteiger partial charge in [-0.1, -0.05) is 30.3 Å². The molecule has 2 amide bonds. The molecule has 0 saturated heterocycles. The number of hydrogen-bond acceptors (Lipinski definition) is 6. The van der Waals surface area contributed by atoms with Crippen molar-refractivity contribution in [3.8, 4) is 0 Å². The summed E-state index contributed by atoms with van der Waals surface area (Å²) in [6, 6.07) is 9.01. The molecule has 8 nitrogen and oxygen atoms in total. The van der Waals surface area contributed by atoms with Gasteiger partial charge in [0, 0.05) is 18.2 Å². The predicted octanol–water partition coefficient (Wildman–Crippen LogP) is 2.45. The number of anilines is 2. The van der Waals surface area contributed by atoms with Crippen LogP contribution >= 0.6 is 0 Å². The Labute approximate surface area is 150 Å². The highest BCUT2D eigenvalue weighted by molar-refractivity contribution is 5.94. The van der Waals surface area contributed by atoms with Crippen molar-refractivity contribution in [3.05, 3.63) is 41.7 Å². The molecule has 8 heteroatoms. The van der Waals surface area contributed by atoms with Gasteiger partial charge in [-0.15, -0.1) is 0 Å². The fourth-order valence-electron chi connectivity index (χ4n) is 2.20. The van der Waals surface area contributed by atoms with Crippen molar-refractivity contribution in [2.45, 2.75) is 33.1 Å². The average Bonchev–Trinajstić information content (AvgIpc) is 3.03. The molecule has 1 aromatic heterocycles. The maximum absolute atomic E-state index is 11.9. The number of amides is 2. The average molecular weight is 359 g/mol. The molecule has 0 bridgehead atoms. The summed E-state index contributed by atoms with van der Waals surface area (Å²) in [5, 5.41) is 8.80. The van der Waals surface area contributed by atoms with Gasteiger partial charge in [0.2, 0.25) is 5.91 Å². The summed E-state index contributed by atoms with van der Waals surface area (Å²) in [5.74, 6) is -0.653. The van der Waals surface area contributed by atoms with E-state index in [1.807, 2.05) is 31.2 Å². The Hall–Kier alpha value is -3.16. The molecule has 0 aliphatic carbocycles. The van der Waals surface area contributed by atoms with E-state index in [1.54, 1.807) is 6.92 Å². The highest BCUT2D eigenvalue weighted by atomic mass is 16.5. The highest BCUT2D eigenvalue weighted by Crippen LogP contribution is 2.15. The summed E-state index contributed by atoms with van der Waals surface area (Å²) in [6.45, 7) is 3.23. The van der Waals surface area contributed by atoms with E-state index >= 15 is 0 Å². The lowest BCUT2D eigenvalue weighted by Gasteiger charge is -2.09. The van der Waals surface area contributed by atoms with Crippen LogP contribution in [0, 0.1) is 6.92 Å². The highest BCUT2D eigenvalue weighted by Gasteiger charge is 2.12. The molecule has 2 aromatic rings. The van der Waals surface area contributed by atoms with E-state index in [2.05, 4.69) is 15.8 Å². The van der Waals surface area contributed by atoms with E-state index in [1.165, 1.54) is 6.07 Å². The molecule has 1 heterocycles. The Balaban J connectivity index is 1.69. The van der Waals surface area contributed by atoms with E-state index in [0.717, 1.165) is 17.7 Å². The third-order valence-electron chi connectivity index (χ3n) is 3.49. The van der Waals surface area contributed by atoms with E-state index in [9.17, 15) is 14.4 Å². The molecule has 0 saturated carbocycles. The lowest BCUT2D eigenvalue weighted by molar-refractivity contribution is -0.147. The number of aryl methyl sites for hydroxylation is 2. The molecule has 2 rings (SSSR count). The molecule has 0 aliphatic heterocycles. The molecule has 1 aromatic carbocycles. The zero-order valence-electron chi connectivity index (χ0n) is 14.7. The summed E-state index contributed by atoms with van der Waals surface area (Å²) >= 11 is 0.